The largest absolute Gasteiger partial charge is 0.444 e. The second-order valence-corrected chi connectivity index (χ2v) is 6.46. The number of amides is 1. The van der Waals surface area contributed by atoms with Gasteiger partial charge in [0.25, 0.3) is 5.92 Å². The Morgan fingerprint density at radius 3 is 2.48 bits per heavy atom. The molecule has 0 atom stereocenters. The van der Waals surface area contributed by atoms with Crippen LogP contribution in [0.15, 0.2) is 18.2 Å². The van der Waals surface area contributed by atoms with Crippen molar-refractivity contribution in [1.82, 2.24) is 10.6 Å². The number of hydrogen-bond acceptors (Lipinski definition) is 3. The third-order valence-electron chi connectivity index (χ3n) is 2.60. The number of hydrogen-bond donors (Lipinski definition) is 2. The highest BCUT2D eigenvalue weighted by Gasteiger charge is 2.30. The average Bonchev–Trinajstić information content (AvgIpc) is 2.37. The molecule has 0 fully saturated rings. The van der Waals surface area contributed by atoms with Gasteiger partial charge < -0.3 is 15.4 Å². The van der Waals surface area contributed by atoms with E-state index in [0.717, 1.165) is 6.07 Å². The van der Waals surface area contributed by atoms with Crippen molar-refractivity contribution in [3.63, 3.8) is 0 Å². The third-order valence-corrected chi connectivity index (χ3v) is 2.96. The summed E-state index contributed by atoms with van der Waals surface area (Å²) in [6.07, 6.45) is -0.904. The fraction of sp³-hybridized carbons (Fsp3) is 0.533. The molecule has 0 heterocycles. The number of rotatable bonds is 6. The Kier molecular flexibility index (Phi) is 6.70. The van der Waals surface area contributed by atoms with Crippen LogP contribution in [0.4, 0.5) is 18.0 Å². The van der Waals surface area contributed by atoms with Gasteiger partial charge in [-0.25, -0.2) is 18.0 Å². The van der Waals surface area contributed by atoms with Gasteiger partial charge in [0.1, 0.15) is 11.4 Å². The van der Waals surface area contributed by atoms with Gasteiger partial charge in [-0.15, -0.1) is 0 Å². The second kappa shape index (κ2) is 7.88. The molecule has 8 heteroatoms. The van der Waals surface area contributed by atoms with Gasteiger partial charge in [-0.2, -0.15) is 0 Å². The molecule has 0 aromatic heterocycles. The summed E-state index contributed by atoms with van der Waals surface area (Å²) in [5.41, 5.74) is -0.249. The van der Waals surface area contributed by atoms with Gasteiger partial charge in [0.2, 0.25) is 0 Å². The molecule has 1 aromatic rings. The predicted molar refractivity (Wildman–Crippen MR) is 82.3 cm³/mol. The molecule has 0 saturated heterocycles. The summed E-state index contributed by atoms with van der Waals surface area (Å²) in [5, 5.41) is 4.71. The molecule has 2 N–H and O–H groups in total. The van der Waals surface area contributed by atoms with Crippen molar-refractivity contribution in [2.75, 3.05) is 13.1 Å². The highest BCUT2D eigenvalue weighted by atomic mass is 35.5. The van der Waals surface area contributed by atoms with Crippen LogP contribution < -0.4 is 10.6 Å². The first-order valence-corrected chi connectivity index (χ1v) is 7.36. The van der Waals surface area contributed by atoms with E-state index in [-0.39, 0.29) is 11.6 Å². The highest BCUT2D eigenvalue weighted by molar-refractivity contribution is 6.31. The Bertz CT molecular complexity index is 548. The number of alkyl carbamates (subject to hydrolysis) is 1. The molecular formula is C15H20ClF3N2O2. The van der Waals surface area contributed by atoms with Gasteiger partial charge in [-0.05, 0) is 38.5 Å². The topological polar surface area (TPSA) is 50.4 Å². The molecule has 1 aromatic carbocycles. The molecule has 0 unspecified atom stereocenters. The van der Waals surface area contributed by atoms with Crippen LogP contribution in [-0.2, 0) is 11.3 Å². The van der Waals surface area contributed by atoms with E-state index in [9.17, 15) is 18.0 Å². The first kappa shape index (κ1) is 19.6. The standard InChI is InChI=1S/C15H20ClF3N2O2/c1-14(2,3)23-13(22)21-9-15(18,19)8-20-7-10-4-5-11(17)6-12(10)16/h4-6,20H,7-9H2,1-3H3,(H,21,22). The molecule has 23 heavy (non-hydrogen) atoms. The quantitative estimate of drug-likeness (QED) is 0.820. The molecule has 0 aliphatic rings. The van der Waals surface area contributed by atoms with Crippen LogP contribution in [0.5, 0.6) is 0 Å². The number of alkyl halides is 2. The van der Waals surface area contributed by atoms with Crippen molar-refractivity contribution < 1.29 is 22.7 Å². The number of halogens is 4. The molecule has 0 aliphatic carbocycles. The molecule has 0 radical (unpaired) electrons. The summed E-state index contributed by atoms with van der Waals surface area (Å²) in [7, 11) is 0. The second-order valence-electron chi connectivity index (χ2n) is 6.05. The van der Waals surface area contributed by atoms with Crippen molar-refractivity contribution >= 4 is 17.7 Å². The van der Waals surface area contributed by atoms with Crippen molar-refractivity contribution in [1.29, 1.82) is 0 Å². The first-order chi connectivity index (χ1) is 10.5. The zero-order chi connectivity index (χ0) is 17.7. The average molecular weight is 353 g/mol. The van der Waals surface area contributed by atoms with Crippen LogP contribution in [0, 0.1) is 5.82 Å². The monoisotopic (exact) mass is 352 g/mol. The molecule has 0 saturated carbocycles. The van der Waals surface area contributed by atoms with Crippen molar-refractivity contribution in [2.45, 2.75) is 38.8 Å². The maximum Gasteiger partial charge on any atom is 0.407 e. The van der Waals surface area contributed by atoms with E-state index in [1.807, 2.05) is 5.32 Å². The van der Waals surface area contributed by atoms with Gasteiger partial charge in [0.05, 0.1) is 13.1 Å². The first-order valence-electron chi connectivity index (χ1n) is 6.98. The lowest BCUT2D eigenvalue weighted by atomic mass is 10.2. The van der Waals surface area contributed by atoms with E-state index in [0.29, 0.717) is 5.56 Å². The summed E-state index contributed by atoms with van der Waals surface area (Å²) in [4.78, 5) is 11.3. The predicted octanol–water partition coefficient (Wildman–Crippen LogP) is 3.73. The van der Waals surface area contributed by atoms with Gasteiger partial charge in [0, 0.05) is 11.6 Å². The summed E-state index contributed by atoms with van der Waals surface area (Å²) in [5.74, 6) is -3.66. The van der Waals surface area contributed by atoms with Crippen molar-refractivity contribution in [3.8, 4) is 0 Å². The Morgan fingerprint density at radius 2 is 1.91 bits per heavy atom. The third kappa shape index (κ3) is 8.08. The molecule has 130 valence electrons. The maximum atomic E-state index is 13.7. The van der Waals surface area contributed by atoms with Gasteiger partial charge >= 0.3 is 6.09 Å². The highest BCUT2D eigenvalue weighted by Crippen LogP contribution is 2.18. The maximum absolute atomic E-state index is 13.7. The number of carbonyl (C=O) groups is 1. The lowest BCUT2D eigenvalue weighted by Crippen LogP contribution is -2.44. The van der Waals surface area contributed by atoms with Gasteiger partial charge in [-0.3, -0.25) is 0 Å². The molecule has 1 amide bonds. The van der Waals surface area contributed by atoms with Crippen LogP contribution >= 0.6 is 11.6 Å². The summed E-state index contributed by atoms with van der Waals surface area (Å²) in [6, 6.07) is 3.73. The number of nitrogens with one attached hydrogen (secondary N) is 2. The van der Waals surface area contributed by atoms with Crippen molar-refractivity contribution in [3.05, 3.63) is 34.6 Å². The SMILES string of the molecule is CC(C)(C)OC(=O)NCC(F)(F)CNCc1ccc(F)cc1Cl. The van der Waals surface area contributed by atoms with Crippen LogP contribution in [0.25, 0.3) is 0 Å². The summed E-state index contributed by atoms with van der Waals surface area (Å²) < 4.78 is 45.1. The molecule has 0 spiro atoms. The Balaban J connectivity index is 2.39. The molecular weight excluding hydrogens is 333 g/mol. The fourth-order valence-electron chi connectivity index (χ4n) is 1.62. The Labute approximate surface area is 138 Å². The molecule has 4 nitrogen and oxygen atoms in total. The number of carbonyl (C=O) groups excluding carboxylic acids is 1. The van der Waals surface area contributed by atoms with Crippen LogP contribution in [0.2, 0.25) is 5.02 Å². The van der Waals surface area contributed by atoms with Crippen LogP contribution in [-0.4, -0.2) is 30.7 Å². The molecule has 0 aliphatic heterocycles. The summed E-state index contributed by atoms with van der Waals surface area (Å²) >= 11 is 5.80. The minimum absolute atomic E-state index is 0.0567. The Morgan fingerprint density at radius 1 is 1.26 bits per heavy atom. The summed E-state index contributed by atoms with van der Waals surface area (Å²) in [6.45, 7) is 3.44. The van der Waals surface area contributed by atoms with E-state index in [1.165, 1.54) is 12.1 Å². The van der Waals surface area contributed by atoms with E-state index < -0.39 is 36.5 Å². The zero-order valence-electron chi connectivity index (χ0n) is 13.2. The van der Waals surface area contributed by atoms with Gasteiger partial charge in [-0.1, -0.05) is 17.7 Å². The zero-order valence-corrected chi connectivity index (χ0v) is 13.9. The van der Waals surface area contributed by atoms with Gasteiger partial charge in [0.15, 0.2) is 0 Å². The number of ether oxygens (including phenoxy) is 1. The van der Waals surface area contributed by atoms with Crippen LogP contribution in [0.3, 0.4) is 0 Å². The lowest BCUT2D eigenvalue weighted by Gasteiger charge is -2.22. The van der Waals surface area contributed by atoms with Crippen molar-refractivity contribution in [2.24, 2.45) is 0 Å². The van der Waals surface area contributed by atoms with Crippen LogP contribution in [0.1, 0.15) is 26.3 Å². The normalized spacial score (nSPS) is 12.1. The molecule has 0 bridgehead atoms. The Hall–Kier alpha value is -1.47. The smallest absolute Gasteiger partial charge is 0.407 e. The number of benzene rings is 1. The van der Waals surface area contributed by atoms with E-state index in [1.54, 1.807) is 20.8 Å². The minimum atomic E-state index is -3.16. The minimum Gasteiger partial charge on any atom is -0.444 e. The van der Waals surface area contributed by atoms with E-state index in [2.05, 4.69) is 5.32 Å². The molecule has 1 rings (SSSR count). The lowest BCUT2D eigenvalue weighted by molar-refractivity contribution is -0.00376. The fourth-order valence-corrected chi connectivity index (χ4v) is 1.86. The van der Waals surface area contributed by atoms with E-state index in [4.69, 9.17) is 16.3 Å². The van der Waals surface area contributed by atoms with E-state index >= 15 is 0 Å².